The molecule has 2 rings (SSSR count). The van der Waals surface area contributed by atoms with E-state index in [4.69, 9.17) is 0 Å². The highest BCUT2D eigenvalue weighted by Gasteiger charge is 2.06. The van der Waals surface area contributed by atoms with Crippen molar-refractivity contribution in [1.82, 2.24) is 0 Å². The fourth-order valence-corrected chi connectivity index (χ4v) is 2.26. The summed E-state index contributed by atoms with van der Waals surface area (Å²) >= 11 is 0. The summed E-state index contributed by atoms with van der Waals surface area (Å²) in [7, 11) is 0. The lowest BCUT2D eigenvalue weighted by Gasteiger charge is -2.07. The highest BCUT2D eigenvalue weighted by Crippen LogP contribution is 2.24. The van der Waals surface area contributed by atoms with Crippen LogP contribution in [-0.4, -0.2) is 0 Å². The number of aryl methyl sites for hydroxylation is 2. The molecular weight excluding hydrogens is 235 g/mol. The Morgan fingerprint density at radius 1 is 0.947 bits per heavy atom. The van der Waals surface area contributed by atoms with Crippen LogP contribution in [0.5, 0.6) is 0 Å². The van der Waals surface area contributed by atoms with Crippen LogP contribution < -0.4 is 0 Å². The number of halogens is 1. The van der Waals surface area contributed by atoms with Crippen molar-refractivity contribution in [1.29, 1.82) is 0 Å². The molecule has 0 spiro atoms. The normalized spacial score (nSPS) is 10.7. The van der Waals surface area contributed by atoms with Crippen LogP contribution >= 0.6 is 0 Å². The number of benzene rings is 2. The van der Waals surface area contributed by atoms with Crippen LogP contribution in [0.25, 0.3) is 11.1 Å². The SMILES string of the molecule is CCCCCc1ccc(-c2ccc(C)cc2)c(F)c1. The molecule has 1 heteroatoms. The van der Waals surface area contributed by atoms with E-state index in [1.54, 1.807) is 6.07 Å². The first-order valence-electron chi connectivity index (χ1n) is 7.06. The molecule has 0 aromatic heterocycles. The van der Waals surface area contributed by atoms with E-state index < -0.39 is 0 Å². The second kappa shape index (κ2) is 6.51. The number of unbranched alkanes of at least 4 members (excludes halogenated alkanes) is 2. The van der Waals surface area contributed by atoms with Gasteiger partial charge in [-0.1, -0.05) is 61.7 Å². The molecule has 100 valence electrons. The first kappa shape index (κ1) is 13.8. The monoisotopic (exact) mass is 256 g/mol. The third-order valence-electron chi connectivity index (χ3n) is 3.47. The van der Waals surface area contributed by atoms with Gasteiger partial charge in [0.15, 0.2) is 0 Å². The molecule has 0 aliphatic heterocycles. The molecule has 0 nitrogen and oxygen atoms in total. The van der Waals surface area contributed by atoms with Gasteiger partial charge >= 0.3 is 0 Å². The minimum absolute atomic E-state index is 0.113. The Morgan fingerprint density at radius 3 is 2.32 bits per heavy atom. The second-order valence-electron chi connectivity index (χ2n) is 5.14. The van der Waals surface area contributed by atoms with E-state index in [1.807, 2.05) is 43.3 Å². The summed E-state index contributed by atoms with van der Waals surface area (Å²) in [5, 5.41) is 0. The standard InChI is InChI=1S/C18H21F/c1-3-4-5-6-15-9-12-17(18(19)13-15)16-10-7-14(2)8-11-16/h7-13H,3-6H2,1-2H3. The fraction of sp³-hybridized carbons (Fsp3) is 0.333. The summed E-state index contributed by atoms with van der Waals surface area (Å²) < 4.78 is 14.1. The zero-order chi connectivity index (χ0) is 13.7. The molecule has 0 fully saturated rings. The molecule has 19 heavy (non-hydrogen) atoms. The lowest BCUT2D eigenvalue weighted by atomic mass is 10.00. The molecule has 0 aliphatic carbocycles. The maximum absolute atomic E-state index is 14.1. The summed E-state index contributed by atoms with van der Waals surface area (Å²) in [6.07, 6.45) is 4.52. The summed E-state index contributed by atoms with van der Waals surface area (Å²) in [6.45, 7) is 4.22. The van der Waals surface area contributed by atoms with Gasteiger partial charge in [-0.3, -0.25) is 0 Å². The van der Waals surface area contributed by atoms with Crippen LogP contribution in [0.2, 0.25) is 0 Å². The van der Waals surface area contributed by atoms with Crippen molar-refractivity contribution in [2.45, 2.75) is 39.5 Å². The van der Waals surface area contributed by atoms with Crippen LogP contribution in [0.15, 0.2) is 42.5 Å². The van der Waals surface area contributed by atoms with Crippen molar-refractivity contribution in [3.8, 4) is 11.1 Å². The van der Waals surface area contributed by atoms with Crippen LogP contribution in [-0.2, 0) is 6.42 Å². The Bertz CT molecular complexity index is 526. The summed E-state index contributed by atoms with van der Waals surface area (Å²) in [4.78, 5) is 0. The largest absolute Gasteiger partial charge is 0.206 e. The van der Waals surface area contributed by atoms with E-state index in [1.165, 1.54) is 18.4 Å². The van der Waals surface area contributed by atoms with Crippen LogP contribution in [0, 0.1) is 12.7 Å². The van der Waals surface area contributed by atoms with Gasteiger partial charge in [-0.15, -0.1) is 0 Å². The van der Waals surface area contributed by atoms with Crippen molar-refractivity contribution in [3.05, 3.63) is 59.4 Å². The average molecular weight is 256 g/mol. The number of rotatable bonds is 5. The minimum atomic E-state index is -0.113. The molecule has 2 aromatic carbocycles. The molecular formula is C18H21F. The Kier molecular flexibility index (Phi) is 4.73. The third kappa shape index (κ3) is 3.66. The summed E-state index contributed by atoms with van der Waals surface area (Å²) in [5.74, 6) is -0.113. The Labute approximate surface area is 115 Å². The third-order valence-corrected chi connectivity index (χ3v) is 3.47. The van der Waals surface area contributed by atoms with Crippen molar-refractivity contribution in [3.63, 3.8) is 0 Å². The Hall–Kier alpha value is -1.63. The maximum atomic E-state index is 14.1. The Morgan fingerprint density at radius 2 is 1.68 bits per heavy atom. The number of hydrogen-bond donors (Lipinski definition) is 0. The molecule has 0 saturated carbocycles. The van der Waals surface area contributed by atoms with Gasteiger partial charge in [-0.25, -0.2) is 4.39 Å². The predicted molar refractivity (Wildman–Crippen MR) is 79.8 cm³/mol. The molecule has 0 saturated heterocycles. The fourth-order valence-electron chi connectivity index (χ4n) is 2.26. The first-order chi connectivity index (χ1) is 9.20. The van der Waals surface area contributed by atoms with Gasteiger partial charge in [-0.05, 0) is 37.0 Å². The second-order valence-corrected chi connectivity index (χ2v) is 5.14. The van der Waals surface area contributed by atoms with Crippen molar-refractivity contribution in [2.75, 3.05) is 0 Å². The lowest BCUT2D eigenvalue weighted by Crippen LogP contribution is -1.90. The van der Waals surface area contributed by atoms with Gasteiger partial charge in [0.05, 0.1) is 0 Å². The van der Waals surface area contributed by atoms with E-state index >= 15 is 0 Å². The highest BCUT2D eigenvalue weighted by atomic mass is 19.1. The van der Waals surface area contributed by atoms with Gasteiger partial charge in [-0.2, -0.15) is 0 Å². The number of hydrogen-bond acceptors (Lipinski definition) is 0. The molecule has 0 atom stereocenters. The van der Waals surface area contributed by atoms with Gasteiger partial charge in [0.2, 0.25) is 0 Å². The van der Waals surface area contributed by atoms with E-state index in [0.29, 0.717) is 5.56 Å². The topological polar surface area (TPSA) is 0 Å². The maximum Gasteiger partial charge on any atom is 0.131 e. The molecule has 0 aliphatic rings. The van der Waals surface area contributed by atoms with Crippen LogP contribution in [0.4, 0.5) is 4.39 Å². The minimum Gasteiger partial charge on any atom is -0.206 e. The molecule has 0 radical (unpaired) electrons. The zero-order valence-electron chi connectivity index (χ0n) is 11.7. The van der Waals surface area contributed by atoms with Gasteiger partial charge in [0, 0.05) is 5.56 Å². The highest BCUT2D eigenvalue weighted by molar-refractivity contribution is 5.64. The van der Waals surface area contributed by atoms with Crippen molar-refractivity contribution in [2.24, 2.45) is 0 Å². The first-order valence-corrected chi connectivity index (χ1v) is 7.06. The predicted octanol–water partition coefficient (Wildman–Crippen LogP) is 5.53. The van der Waals surface area contributed by atoms with Gasteiger partial charge in [0.1, 0.15) is 5.82 Å². The van der Waals surface area contributed by atoms with Crippen molar-refractivity contribution < 1.29 is 4.39 Å². The average Bonchev–Trinajstić information content (AvgIpc) is 2.41. The molecule has 2 aromatic rings. The smallest absolute Gasteiger partial charge is 0.131 e. The molecule has 0 unspecified atom stereocenters. The molecule has 0 bridgehead atoms. The van der Waals surface area contributed by atoms with Gasteiger partial charge in [0.25, 0.3) is 0 Å². The summed E-state index contributed by atoms with van der Waals surface area (Å²) in [6, 6.07) is 13.6. The van der Waals surface area contributed by atoms with E-state index in [2.05, 4.69) is 6.92 Å². The van der Waals surface area contributed by atoms with E-state index in [-0.39, 0.29) is 5.82 Å². The van der Waals surface area contributed by atoms with Crippen LogP contribution in [0.1, 0.15) is 37.3 Å². The molecule has 0 amide bonds. The molecule has 0 N–H and O–H groups in total. The zero-order valence-corrected chi connectivity index (χ0v) is 11.7. The van der Waals surface area contributed by atoms with E-state index in [0.717, 1.165) is 24.0 Å². The summed E-state index contributed by atoms with van der Waals surface area (Å²) in [5.41, 5.74) is 3.93. The van der Waals surface area contributed by atoms with E-state index in [9.17, 15) is 4.39 Å². The van der Waals surface area contributed by atoms with Crippen LogP contribution in [0.3, 0.4) is 0 Å². The molecule has 0 heterocycles. The van der Waals surface area contributed by atoms with Gasteiger partial charge < -0.3 is 0 Å². The Balaban J connectivity index is 2.17. The quantitative estimate of drug-likeness (QED) is 0.617. The lowest BCUT2D eigenvalue weighted by molar-refractivity contribution is 0.626. The van der Waals surface area contributed by atoms with Crippen molar-refractivity contribution >= 4 is 0 Å².